The molecule has 0 aliphatic rings. The van der Waals surface area contributed by atoms with Crippen molar-refractivity contribution in [3.63, 3.8) is 0 Å². The van der Waals surface area contributed by atoms with Crippen LogP contribution in [0.15, 0.2) is 89.1 Å². The number of aromatic hydroxyl groups is 1. The van der Waals surface area contributed by atoms with Crippen LogP contribution in [0.25, 0.3) is 10.9 Å². The number of benzene rings is 3. The number of nitrogens with one attached hydrogen (secondary N) is 1. The Kier molecular flexibility index (Phi) is 5.57. The van der Waals surface area contributed by atoms with Crippen molar-refractivity contribution in [2.45, 2.75) is 13.5 Å². The van der Waals surface area contributed by atoms with Gasteiger partial charge in [0.05, 0.1) is 5.52 Å². The van der Waals surface area contributed by atoms with Crippen LogP contribution in [0.1, 0.15) is 15.9 Å². The zero-order valence-corrected chi connectivity index (χ0v) is 16.8. The lowest BCUT2D eigenvalue weighted by atomic mass is 10.2. The first kappa shape index (κ1) is 20.0. The van der Waals surface area contributed by atoms with Crippen LogP contribution in [-0.2, 0) is 11.3 Å². The van der Waals surface area contributed by atoms with Crippen molar-refractivity contribution < 1.29 is 14.7 Å². The van der Waals surface area contributed by atoms with E-state index in [1.54, 1.807) is 54.6 Å². The fourth-order valence-electron chi connectivity index (χ4n) is 3.25. The summed E-state index contributed by atoms with van der Waals surface area (Å²) in [6.45, 7) is 1.84. The first-order valence-corrected chi connectivity index (χ1v) is 9.71. The number of carbonyl (C=O) groups excluding carboxylic acids is 2. The van der Waals surface area contributed by atoms with E-state index in [2.05, 4.69) is 15.5 Å². The van der Waals surface area contributed by atoms with Gasteiger partial charge in [0.25, 0.3) is 5.91 Å². The first-order chi connectivity index (χ1) is 15.0. The van der Waals surface area contributed by atoms with Crippen LogP contribution in [0, 0.1) is 6.92 Å². The third kappa shape index (κ3) is 4.35. The summed E-state index contributed by atoms with van der Waals surface area (Å²) in [5.41, 5.74) is 2.90. The van der Waals surface area contributed by atoms with Crippen LogP contribution in [0.4, 0.5) is 11.4 Å². The van der Waals surface area contributed by atoms with Gasteiger partial charge < -0.3 is 15.0 Å². The average Bonchev–Trinajstić information content (AvgIpc) is 3.05. The molecule has 4 aromatic rings. The average molecular weight is 412 g/mol. The highest BCUT2D eigenvalue weighted by Gasteiger charge is 2.19. The van der Waals surface area contributed by atoms with Crippen LogP contribution < -0.4 is 5.32 Å². The Bertz CT molecular complexity index is 1280. The predicted molar refractivity (Wildman–Crippen MR) is 119 cm³/mol. The molecule has 0 aliphatic heterocycles. The summed E-state index contributed by atoms with van der Waals surface area (Å²) in [6, 6.07) is 23.1. The Morgan fingerprint density at radius 3 is 2.35 bits per heavy atom. The SMILES string of the molecule is Cc1ccc(NC(=O)Cn2c(O)c(N=NC(=O)c3ccccc3)c3ccccc32)cc1. The second-order valence-electron chi connectivity index (χ2n) is 7.06. The number of para-hydroxylation sites is 1. The van der Waals surface area contributed by atoms with Gasteiger partial charge in [0, 0.05) is 16.6 Å². The molecule has 3 aromatic carbocycles. The Balaban J connectivity index is 1.62. The maximum Gasteiger partial charge on any atom is 0.295 e. The monoisotopic (exact) mass is 412 g/mol. The minimum atomic E-state index is -0.519. The van der Waals surface area contributed by atoms with Crippen molar-refractivity contribution in [1.29, 1.82) is 0 Å². The molecule has 0 atom stereocenters. The van der Waals surface area contributed by atoms with Crippen molar-refractivity contribution >= 4 is 34.1 Å². The van der Waals surface area contributed by atoms with E-state index in [-0.39, 0.29) is 24.0 Å². The van der Waals surface area contributed by atoms with Crippen LogP contribution in [0.3, 0.4) is 0 Å². The van der Waals surface area contributed by atoms with Crippen molar-refractivity contribution in [3.05, 3.63) is 90.0 Å². The van der Waals surface area contributed by atoms with Gasteiger partial charge in [-0.25, -0.2) is 0 Å². The number of rotatable bonds is 5. The van der Waals surface area contributed by atoms with Gasteiger partial charge in [0.15, 0.2) is 5.69 Å². The predicted octanol–water partition coefficient (Wildman–Crippen LogP) is 5.22. The van der Waals surface area contributed by atoms with Gasteiger partial charge in [-0.3, -0.25) is 9.59 Å². The highest BCUT2D eigenvalue weighted by Crippen LogP contribution is 2.38. The first-order valence-electron chi connectivity index (χ1n) is 9.71. The molecule has 2 N–H and O–H groups in total. The lowest BCUT2D eigenvalue weighted by molar-refractivity contribution is -0.116. The number of aryl methyl sites for hydroxylation is 1. The summed E-state index contributed by atoms with van der Waals surface area (Å²) in [6.07, 6.45) is 0. The Hall–Kier alpha value is -4.26. The molecule has 0 bridgehead atoms. The minimum Gasteiger partial charge on any atom is -0.493 e. The number of fused-ring (bicyclic) bond motifs is 1. The third-order valence-corrected chi connectivity index (χ3v) is 4.82. The summed E-state index contributed by atoms with van der Waals surface area (Å²) in [7, 11) is 0. The normalized spacial score (nSPS) is 11.1. The van der Waals surface area contributed by atoms with Gasteiger partial charge in [-0.1, -0.05) is 54.1 Å². The van der Waals surface area contributed by atoms with E-state index in [1.165, 1.54) is 4.57 Å². The number of nitrogens with zero attached hydrogens (tertiary/aromatic N) is 3. The summed E-state index contributed by atoms with van der Waals surface area (Å²) < 4.78 is 1.44. The molecule has 7 nitrogen and oxygen atoms in total. The summed E-state index contributed by atoms with van der Waals surface area (Å²) in [5.74, 6) is -1.05. The molecule has 0 fully saturated rings. The molecule has 4 rings (SSSR count). The van der Waals surface area contributed by atoms with Crippen LogP contribution in [-0.4, -0.2) is 21.5 Å². The Morgan fingerprint density at radius 2 is 1.61 bits per heavy atom. The van der Waals surface area contributed by atoms with Gasteiger partial charge in [-0.15, -0.1) is 10.2 Å². The van der Waals surface area contributed by atoms with Gasteiger partial charge in [-0.2, -0.15) is 0 Å². The summed E-state index contributed by atoms with van der Waals surface area (Å²) in [5, 5.41) is 21.9. The molecule has 0 saturated carbocycles. The third-order valence-electron chi connectivity index (χ3n) is 4.82. The van der Waals surface area contributed by atoms with Crippen molar-refractivity contribution in [3.8, 4) is 5.88 Å². The van der Waals surface area contributed by atoms with Crippen molar-refractivity contribution in [2.75, 3.05) is 5.32 Å². The Labute approximate surface area is 178 Å². The quantitative estimate of drug-likeness (QED) is 0.440. The molecule has 1 aromatic heterocycles. The van der Waals surface area contributed by atoms with E-state index in [1.807, 2.05) is 31.2 Å². The van der Waals surface area contributed by atoms with Crippen molar-refractivity contribution in [2.24, 2.45) is 10.2 Å². The zero-order chi connectivity index (χ0) is 21.8. The van der Waals surface area contributed by atoms with E-state index >= 15 is 0 Å². The molecule has 154 valence electrons. The van der Waals surface area contributed by atoms with Crippen LogP contribution >= 0.6 is 0 Å². The van der Waals surface area contributed by atoms with E-state index in [4.69, 9.17) is 0 Å². The fraction of sp³-hybridized carbons (Fsp3) is 0.0833. The van der Waals surface area contributed by atoms with Crippen molar-refractivity contribution in [1.82, 2.24) is 4.57 Å². The van der Waals surface area contributed by atoms with E-state index in [0.717, 1.165) is 5.56 Å². The van der Waals surface area contributed by atoms with Crippen LogP contribution in [0.5, 0.6) is 5.88 Å². The molecule has 31 heavy (non-hydrogen) atoms. The molecule has 0 unspecified atom stereocenters. The van der Waals surface area contributed by atoms with E-state index in [9.17, 15) is 14.7 Å². The zero-order valence-electron chi connectivity index (χ0n) is 16.8. The molecule has 0 aliphatic carbocycles. The maximum absolute atomic E-state index is 12.6. The largest absolute Gasteiger partial charge is 0.493 e. The molecule has 0 radical (unpaired) electrons. The highest BCUT2D eigenvalue weighted by molar-refractivity contribution is 5.99. The number of azo groups is 1. The number of anilines is 1. The number of hydrogen-bond acceptors (Lipinski definition) is 4. The number of amides is 2. The maximum atomic E-state index is 12.6. The molecular formula is C24H20N4O3. The van der Waals surface area contributed by atoms with Gasteiger partial charge >= 0.3 is 0 Å². The second-order valence-corrected chi connectivity index (χ2v) is 7.06. The molecular weight excluding hydrogens is 392 g/mol. The second kappa shape index (κ2) is 8.62. The molecule has 7 heteroatoms. The number of hydrogen-bond donors (Lipinski definition) is 2. The number of aromatic nitrogens is 1. The van der Waals surface area contributed by atoms with Gasteiger partial charge in [-0.05, 0) is 37.3 Å². The fourth-order valence-corrected chi connectivity index (χ4v) is 3.25. The van der Waals surface area contributed by atoms with E-state index in [0.29, 0.717) is 22.2 Å². The minimum absolute atomic E-state index is 0.123. The molecule has 0 saturated heterocycles. The molecule has 0 spiro atoms. The topological polar surface area (TPSA) is 96.1 Å². The highest BCUT2D eigenvalue weighted by atomic mass is 16.3. The van der Waals surface area contributed by atoms with E-state index < -0.39 is 5.91 Å². The summed E-state index contributed by atoms with van der Waals surface area (Å²) in [4.78, 5) is 24.8. The Morgan fingerprint density at radius 1 is 0.935 bits per heavy atom. The lowest BCUT2D eigenvalue weighted by Crippen LogP contribution is -2.18. The standard InChI is InChI=1S/C24H20N4O3/c1-16-11-13-18(14-12-16)25-21(29)15-28-20-10-6-5-9-19(20)22(24(28)31)26-27-23(30)17-7-3-2-4-8-17/h2-14,31H,15H2,1H3,(H,25,29). The molecule has 1 heterocycles. The molecule has 2 amide bonds. The number of carbonyl (C=O) groups is 2. The van der Waals surface area contributed by atoms with Gasteiger partial charge in [0.1, 0.15) is 6.54 Å². The van der Waals surface area contributed by atoms with Gasteiger partial charge in [0.2, 0.25) is 11.8 Å². The lowest BCUT2D eigenvalue weighted by Gasteiger charge is -2.08. The smallest absolute Gasteiger partial charge is 0.295 e. The van der Waals surface area contributed by atoms with Crippen LogP contribution in [0.2, 0.25) is 0 Å². The summed E-state index contributed by atoms with van der Waals surface area (Å²) >= 11 is 0.